The highest BCUT2D eigenvalue weighted by Crippen LogP contribution is 2.35. The number of nitrogens with zero attached hydrogens (tertiary/aromatic N) is 3. The van der Waals surface area contributed by atoms with E-state index in [1.807, 2.05) is 0 Å². The molecule has 1 aliphatic heterocycles. The largest absolute Gasteiger partial charge is 0.497 e. The number of thioether (sulfide) groups is 1. The van der Waals surface area contributed by atoms with E-state index >= 15 is 0 Å². The van der Waals surface area contributed by atoms with Crippen molar-refractivity contribution in [3.05, 3.63) is 64.6 Å². The van der Waals surface area contributed by atoms with Crippen LogP contribution in [0.5, 0.6) is 5.75 Å². The van der Waals surface area contributed by atoms with E-state index in [0.717, 1.165) is 12.1 Å². The Bertz CT molecular complexity index is 1070. The van der Waals surface area contributed by atoms with Gasteiger partial charge in [0.2, 0.25) is 0 Å². The number of hydrogen-bond donors (Lipinski definition) is 0. The van der Waals surface area contributed by atoms with Gasteiger partial charge in [-0.1, -0.05) is 12.1 Å². The summed E-state index contributed by atoms with van der Waals surface area (Å²) in [4.78, 5) is 22.4. The van der Waals surface area contributed by atoms with E-state index in [2.05, 4.69) is 32.6 Å². The Balaban J connectivity index is 1.90. The number of amides is 1. The lowest BCUT2D eigenvalue weighted by Gasteiger charge is -2.31. The molecule has 2 aromatic rings. The molecule has 0 radical (unpaired) electrons. The van der Waals surface area contributed by atoms with Crippen molar-refractivity contribution >= 4 is 34.6 Å². The number of amidine groups is 1. The van der Waals surface area contributed by atoms with Crippen LogP contribution >= 0.6 is 11.8 Å². The number of aliphatic imine (C=N–C) groups is 1. The number of ether oxygens (including phenoxy) is 1. The highest BCUT2D eigenvalue weighted by molar-refractivity contribution is 8.18. The van der Waals surface area contributed by atoms with E-state index in [0.29, 0.717) is 52.2 Å². The van der Waals surface area contributed by atoms with Gasteiger partial charge in [0.05, 0.1) is 23.3 Å². The van der Waals surface area contributed by atoms with Crippen LogP contribution in [0.1, 0.15) is 38.8 Å². The number of benzene rings is 2. The molecule has 0 bridgehead atoms. The first-order valence-electron chi connectivity index (χ1n) is 11.4. The van der Waals surface area contributed by atoms with Gasteiger partial charge in [-0.05, 0) is 87.5 Å². The van der Waals surface area contributed by atoms with E-state index < -0.39 is 11.7 Å². The molecule has 0 unspecified atom stereocenters. The lowest BCUT2D eigenvalue weighted by atomic mass is 10.1. The van der Waals surface area contributed by atoms with Crippen LogP contribution < -0.4 is 4.74 Å². The SMILES string of the molecule is COc1ccc(N=C2S/C(=C/c3ccc(C(F)(F)F)cc3)C(=O)N2CCN(C(C)C)C(C)C)cc1. The minimum absolute atomic E-state index is 0.213. The van der Waals surface area contributed by atoms with Gasteiger partial charge in [0.1, 0.15) is 5.75 Å². The quantitative estimate of drug-likeness (QED) is 0.388. The normalized spacial score (nSPS) is 17.0. The molecule has 0 aromatic heterocycles. The van der Waals surface area contributed by atoms with Crippen LogP contribution in [0.3, 0.4) is 0 Å². The molecular weight excluding hydrogens is 475 g/mol. The summed E-state index contributed by atoms with van der Waals surface area (Å²) in [5, 5.41) is 0.533. The second-order valence-electron chi connectivity index (χ2n) is 8.70. The van der Waals surface area contributed by atoms with E-state index in [1.54, 1.807) is 42.4 Å². The zero-order valence-corrected chi connectivity index (χ0v) is 21.3. The summed E-state index contributed by atoms with van der Waals surface area (Å²) in [5.41, 5.74) is 0.466. The molecule has 35 heavy (non-hydrogen) atoms. The Hall–Kier alpha value is -2.78. The topological polar surface area (TPSA) is 45.1 Å². The molecular formula is C26H30F3N3O2S. The predicted molar refractivity (Wildman–Crippen MR) is 136 cm³/mol. The van der Waals surface area contributed by atoms with Crippen LogP contribution in [0.25, 0.3) is 6.08 Å². The third-order valence-corrected chi connectivity index (χ3v) is 6.64. The Morgan fingerprint density at radius 2 is 1.63 bits per heavy atom. The lowest BCUT2D eigenvalue weighted by molar-refractivity contribution is -0.137. The molecule has 1 heterocycles. The number of hydrogen-bond acceptors (Lipinski definition) is 5. The maximum Gasteiger partial charge on any atom is 0.416 e. The third-order valence-electron chi connectivity index (χ3n) is 5.63. The van der Waals surface area contributed by atoms with Crippen molar-refractivity contribution in [3.8, 4) is 5.75 Å². The van der Waals surface area contributed by atoms with Crippen LogP contribution in [0, 0.1) is 0 Å². The fraction of sp³-hybridized carbons (Fsp3) is 0.385. The summed E-state index contributed by atoms with van der Waals surface area (Å²) < 4.78 is 43.9. The fourth-order valence-electron chi connectivity index (χ4n) is 3.80. The molecule has 2 aromatic carbocycles. The summed E-state index contributed by atoms with van der Waals surface area (Å²) in [6.45, 7) is 9.57. The molecule has 1 fully saturated rings. The number of carbonyl (C=O) groups is 1. The van der Waals surface area contributed by atoms with Gasteiger partial charge in [0.15, 0.2) is 5.17 Å². The molecule has 5 nitrogen and oxygen atoms in total. The van der Waals surface area contributed by atoms with Crippen LogP contribution in [0.2, 0.25) is 0 Å². The van der Waals surface area contributed by atoms with Crippen molar-refractivity contribution in [2.45, 2.75) is 46.0 Å². The molecule has 0 saturated carbocycles. The van der Waals surface area contributed by atoms with Gasteiger partial charge < -0.3 is 4.74 Å². The molecule has 0 spiro atoms. The van der Waals surface area contributed by atoms with Gasteiger partial charge in [-0.15, -0.1) is 0 Å². The van der Waals surface area contributed by atoms with Crippen molar-refractivity contribution < 1.29 is 22.7 Å². The Morgan fingerprint density at radius 1 is 1.03 bits per heavy atom. The van der Waals surface area contributed by atoms with Crippen LogP contribution in [0.4, 0.5) is 18.9 Å². The number of methoxy groups -OCH3 is 1. The molecule has 0 atom stereocenters. The Labute approximate surface area is 208 Å². The average Bonchev–Trinajstić information content (AvgIpc) is 3.08. The monoisotopic (exact) mass is 505 g/mol. The summed E-state index contributed by atoms with van der Waals surface area (Å²) in [6, 6.07) is 12.6. The number of carbonyl (C=O) groups excluding carboxylic acids is 1. The molecule has 3 rings (SSSR count). The Morgan fingerprint density at radius 3 is 2.14 bits per heavy atom. The van der Waals surface area contributed by atoms with Crippen molar-refractivity contribution in [2.24, 2.45) is 4.99 Å². The fourth-order valence-corrected chi connectivity index (χ4v) is 4.83. The minimum Gasteiger partial charge on any atom is -0.497 e. The molecule has 1 aliphatic rings. The van der Waals surface area contributed by atoms with Gasteiger partial charge in [-0.25, -0.2) is 4.99 Å². The molecule has 9 heteroatoms. The zero-order chi connectivity index (χ0) is 25.8. The number of alkyl halides is 3. The molecule has 1 saturated heterocycles. The van der Waals surface area contributed by atoms with E-state index in [-0.39, 0.29) is 5.91 Å². The highest BCUT2D eigenvalue weighted by Gasteiger charge is 2.34. The molecule has 0 aliphatic carbocycles. The first kappa shape index (κ1) is 26.8. The van der Waals surface area contributed by atoms with E-state index in [4.69, 9.17) is 9.73 Å². The molecule has 0 N–H and O–H groups in total. The minimum atomic E-state index is -4.41. The van der Waals surface area contributed by atoms with Crippen LogP contribution in [-0.4, -0.2) is 53.2 Å². The molecule has 1 amide bonds. The van der Waals surface area contributed by atoms with Crippen molar-refractivity contribution in [2.75, 3.05) is 20.2 Å². The summed E-state index contributed by atoms with van der Waals surface area (Å²) in [6.07, 6.45) is -2.79. The van der Waals surface area contributed by atoms with Crippen LogP contribution in [0.15, 0.2) is 58.4 Å². The van der Waals surface area contributed by atoms with Gasteiger partial charge >= 0.3 is 6.18 Å². The lowest BCUT2D eigenvalue weighted by Crippen LogP contribution is -2.43. The predicted octanol–water partition coefficient (Wildman–Crippen LogP) is 6.44. The van der Waals surface area contributed by atoms with Crippen molar-refractivity contribution in [1.82, 2.24) is 9.80 Å². The van der Waals surface area contributed by atoms with Crippen molar-refractivity contribution in [3.63, 3.8) is 0 Å². The maximum atomic E-state index is 13.3. The first-order valence-corrected chi connectivity index (χ1v) is 12.2. The number of halogens is 3. The van der Waals surface area contributed by atoms with E-state index in [9.17, 15) is 18.0 Å². The van der Waals surface area contributed by atoms with Crippen LogP contribution in [-0.2, 0) is 11.0 Å². The summed E-state index contributed by atoms with van der Waals surface area (Å²) in [7, 11) is 1.58. The van der Waals surface area contributed by atoms with Gasteiger partial charge in [0, 0.05) is 25.2 Å². The van der Waals surface area contributed by atoms with Gasteiger partial charge in [0.25, 0.3) is 5.91 Å². The second-order valence-corrected chi connectivity index (χ2v) is 9.71. The first-order chi connectivity index (χ1) is 16.5. The Kier molecular flexibility index (Phi) is 8.66. The number of rotatable bonds is 8. The summed E-state index contributed by atoms with van der Waals surface area (Å²) >= 11 is 1.22. The van der Waals surface area contributed by atoms with E-state index in [1.165, 1.54) is 23.9 Å². The maximum absolute atomic E-state index is 13.3. The van der Waals surface area contributed by atoms with Gasteiger partial charge in [-0.3, -0.25) is 14.6 Å². The highest BCUT2D eigenvalue weighted by atomic mass is 32.2. The second kappa shape index (κ2) is 11.3. The third kappa shape index (κ3) is 6.89. The molecule has 188 valence electrons. The zero-order valence-electron chi connectivity index (χ0n) is 20.5. The average molecular weight is 506 g/mol. The smallest absolute Gasteiger partial charge is 0.416 e. The summed E-state index contributed by atoms with van der Waals surface area (Å²) in [5.74, 6) is 0.489. The van der Waals surface area contributed by atoms with Gasteiger partial charge in [-0.2, -0.15) is 13.2 Å². The van der Waals surface area contributed by atoms with Crippen molar-refractivity contribution in [1.29, 1.82) is 0 Å². The standard InChI is InChI=1S/C26H30F3N3O2S/c1-17(2)31(18(3)4)14-15-32-24(33)23(16-19-6-8-20(9-7-19)26(27,28)29)35-25(32)30-21-10-12-22(34-5)13-11-21/h6-13,16-18H,14-15H2,1-5H3/b23-16+,30-25?.